The van der Waals surface area contributed by atoms with Crippen LogP contribution >= 0.6 is 22.7 Å². The fraction of sp³-hybridized carbons (Fsp3) is 0. The third kappa shape index (κ3) is 3.75. The highest BCUT2D eigenvalue weighted by Gasteiger charge is 2.25. The molecule has 3 heterocycles. The maximum Gasteiger partial charge on any atom is 0.137 e. The highest BCUT2D eigenvalue weighted by atomic mass is 32.1. The van der Waals surface area contributed by atoms with Crippen LogP contribution in [-0.4, -0.2) is 0 Å². The van der Waals surface area contributed by atoms with E-state index >= 15 is 0 Å². The Morgan fingerprint density at radius 2 is 1.00 bits per heavy atom. The highest BCUT2D eigenvalue weighted by molar-refractivity contribution is 7.26. The number of furan rings is 1. The molecule has 0 bridgehead atoms. The van der Waals surface area contributed by atoms with E-state index in [0.717, 1.165) is 33.3 Å². The topological polar surface area (TPSA) is 16.4 Å². The molecule has 7 aromatic carbocycles. The van der Waals surface area contributed by atoms with Crippen molar-refractivity contribution in [2.24, 2.45) is 0 Å². The number of benzene rings is 7. The number of nitrogens with zero attached hydrogens (tertiary/aromatic N) is 1. The minimum Gasteiger partial charge on any atom is -0.456 e. The Bertz CT molecular complexity index is 2650. The van der Waals surface area contributed by atoms with Crippen LogP contribution in [0.3, 0.4) is 0 Å². The van der Waals surface area contributed by atoms with Gasteiger partial charge in [-0.25, -0.2) is 0 Å². The molecule has 0 aliphatic rings. The average molecular weight is 624 g/mol. The first-order valence-corrected chi connectivity index (χ1v) is 17.1. The van der Waals surface area contributed by atoms with E-state index in [9.17, 15) is 0 Å². The van der Waals surface area contributed by atoms with Crippen LogP contribution in [0, 0.1) is 0 Å². The predicted molar refractivity (Wildman–Crippen MR) is 200 cm³/mol. The van der Waals surface area contributed by atoms with Gasteiger partial charge in [0.25, 0.3) is 0 Å². The number of anilines is 3. The quantitative estimate of drug-likeness (QED) is 0.194. The van der Waals surface area contributed by atoms with Crippen molar-refractivity contribution in [3.05, 3.63) is 152 Å². The number of thiophene rings is 2. The zero-order valence-corrected chi connectivity index (χ0v) is 26.2. The summed E-state index contributed by atoms with van der Waals surface area (Å²) in [6.07, 6.45) is 0. The van der Waals surface area contributed by atoms with Crippen molar-refractivity contribution in [3.8, 4) is 11.1 Å². The second-order valence-electron chi connectivity index (χ2n) is 11.6. The van der Waals surface area contributed by atoms with Crippen molar-refractivity contribution in [2.75, 3.05) is 4.90 Å². The van der Waals surface area contributed by atoms with Crippen LogP contribution in [0.1, 0.15) is 0 Å². The Kier molecular flexibility index (Phi) is 5.65. The summed E-state index contributed by atoms with van der Waals surface area (Å²) in [6.45, 7) is 0. The summed E-state index contributed by atoms with van der Waals surface area (Å²) in [4.78, 5) is 2.50. The molecule has 0 N–H and O–H groups in total. The molecule has 3 aromatic heterocycles. The molecule has 46 heavy (non-hydrogen) atoms. The maximum atomic E-state index is 6.45. The normalized spacial score (nSPS) is 11.9. The van der Waals surface area contributed by atoms with Gasteiger partial charge in [-0.2, -0.15) is 0 Å². The van der Waals surface area contributed by atoms with E-state index in [1.807, 2.05) is 28.7 Å². The standard InChI is InChI=1S/C42H25NOS2/c1-2-12-26(13-3-1)27-24-25-33(42-39(27)29-15-5-9-22-37(29)46-42)43(31-17-10-20-35-40(31)28-14-4-7-19-34(28)44-35)32-18-11-23-38-41(32)30-16-6-8-21-36(30)45-38/h1-25H. The summed E-state index contributed by atoms with van der Waals surface area (Å²) in [5.41, 5.74) is 7.70. The molecule has 0 atom stereocenters. The molecule has 10 aromatic rings. The van der Waals surface area contributed by atoms with E-state index in [-0.39, 0.29) is 0 Å². The van der Waals surface area contributed by atoms with Crippen molar-refractivity contribution < 1.29 is 4.42 Å². The molecule has 10 rings (SSSR count). The summed E-state index contributed by atoms with van der Waals surface area (Å²) in [5, 5.41) is 7.37. The van der Waals surface area contributed by atoms with Crippen molar-refractivity contribution in [1.82, 2.24) is 0 Å². The van der Waals surface area contributed by atoms with Gasteiger partial charge >= 0.3 is 0 Å². The molecule has 0 fully saturated rings. The van der Waals surface area contributed by atoms with Crippen LogP contribution in [0.5, 0.6) is 0 Å². The van der Waals surface area contributed by atoms with Gasteiger partial charge in [-0.15, -0.1) is 22.7 Å². The van der Waals surface area contributed by atoms with Crippen LogP contribution in [0.15, 0.2) is 156 Å². The fourth-order valence-corrected chi connectivity index (χ4v) is 9.48. The Morgan fingerprint density at radius 3 is 1.83 bits per heavy atom. The van der Waals surface area contributed by atoms with Gasteiger partial charge < -0.3 is 9.32 Å². The number of hydrogen-bond acceptors (Lipinski definition) is 4. The monoisotopic (exact) mass is 623 g/mol. The zero-order valence-electron chi connectivity index (χ0n) is 24.6. The van der Waals surface area contributed by atoms with Crippen LogP contribution in [-0.2, 0) is 0 Å². The summed E-state index contributed by atoms with van der Waals surface area (Å²) in [7, 11) is 0. The van der Waals surface area contributed by atoms with Crippen LogP contribution < -0.4 is 4.90 Å². The summed E-state index contributed by atoms with van der Waals surface area (Å²) in [6, 6.07) is 54.6. The van der Waals surface area contributed by atoms with Crippen LogP contribution in [0.4, 0.5) is 17.1 Å². The third-order valence-electron chi connectivity index (χ3n) is 9.07. The summed E-state index contributed by atoms with van der Waals surface area (Å²) in [5.74, 6) is 0. The lowest BCUT2D eigenvalue weighted by Gasteiger charge is -2.28. The Morgan fingerprint density at radius 1 is 0.391 bits per heavy atom. The van der Waals surface area contributed by atoms with Crippen LogP contribution in [0.2, 0.25) is 0 Å². The molecular weight excluding hydrogens is 599 g/mol. The van der Waals surface area contributed by atoms with E-state index in [1.54, 1.807) is 0 Å². The SMILES string of the molecule is c1ccc(-c2ccc(N(c3cccc4oc5ccccc5c34)c3cccc4sc5ccccc5c34)c3sc4ccccc4c23)cc1. The number of hydrogen-bond donors (Lipinski definition) is 0. The van der Waals surface area contributed by atoms with Gasteiger partial charge in [0.15, 0.2) is 0 Å². The van der Waals surface area contributed by atoms with Crippen molar-refractivity contribution in [2.45, 2.75) is 0 Å². The minimum atomic E-state index is 0.888. The van der Waals surface area contributed by atoms with E-state index < -0.39 is 0 Å². The fourth-order valence-electron chi connectivity index (χ4n) is 7.12. The molecule has 2 nitrogen and oxygen atoms in total. The maximum absolute atomic E-state index is 6.45. The first kappa shape index (κ1) is 25.9. The van der Waals surface area contributed by atoms with E-state index in [1.165, 1.54) is 57.2 Å². The van der Waals surface area contributed by atoms with E-state index in [0.29, 0.717) is 0 Å². The molecule has 4 heteroatoms. The average Bonchev–Trinajstić information content (AvgIpc) is 3.81. The van der Waals surface area contributed by atoms with Crippen molar-refractivity contribution in [3.63, 3.8) is 0 Å². The number of fused-ring (bicyclic) bond motifs is 9. The molecule has 0 aliphatic carbocycles. The molecule has 0 radical (unpaired) electrons. The lowest BCUT2D eigenvalue weighted by atomic mass is 9.98. The molecule has 0 saturated heterocycles. The number of rotatable bonds is 4. The molecule has 0 spiro atoms. The third-order valence-corrected chi connectivity index (χ3v) is 11.4. The molecule has 0 aliphatic heterocycles. The lowest BCUT2D eigenvalue weighted by molar-refractivity contribution is 0.669. The van der Waals surface area contributed by atoms with Gasteiger partial charge in [0.1, 0.15) is 11.2 Å². The molecule has 0 saturated carbocycles. The van der Waals surface area contributed by atoms with Gasteiger partial charge in [0.05, 0.1) is 27.1 Å². The zero-order chi connectivity index (χ0) is 30.2. The highest BCUT2D eigenvalue weighted by Crippen LogP contribution is 2.52. The molecule has 216 valence electrons. The Hall–Kier alpha value is -5.42. The molecule has 0 unspecified atom stereocenters. The number of para-hydroxylation sites is 1. The predicted octanol–water partition coefficient (Wildman–Crippen LogP) is 13.5. The largest absolute Gasteiger partial charge is 0.456 e. The smallest absolute Gasteiger partial charge is 0.137 e. The molecular formula is C42H25NOS2. The van der Waals surface area contributed by atoms with Crippen LogP contribution in [0.25, 0.3) is 73.4 Å². The van der Waals surface area contributed by atoms with Crippen molar-refractivity contribution in [1.29, 1.82) is 0 Å². The summed E-state index contributed by atoms with van der Waals surface area (Å²) >= 11 is 3.73. The molecule has 0 amide bonds. The van der Waals surface area contributed by atoms with Gasteiger partial charge in [0, 0.05) is 41.0 Å². The summed E-state index contributed by atoms with van der Waals surface area (Å²) < 4.78 is 11.6. The van der Waals surface area contributed by atoms with Gasteiger partial charge in [-0.1, -0.05) is 103 Å². The Balaban J connectivity index is 1.38. The first-order valence-electron chi connectivity index (χ1n) is 15.4. The Labute approximate surface area is 273 Å². The van der Waals surface area contributed by atoms with E-state index in [2.05, 4.69) is 150 Å². The van der Waals surface area contributed by atoms with Crippen molar-refractivity contribution >= 4 is 102 Å². The lowest BCUT2D eigenvalue weighted by Crippen LogP contribution is -2.11. The second kappa shape index (κ2) is 10.0. The second-order valence-corrected chi connectivity index (χ2v) is 13.8. The minimum absolute atomic E-state index is 0.888. The van der Waals surface area contributed by atoms with E-state index in [4.69, 9.17) is 4.42 Å². The van der Waals surface area contributed by atoms with Gasteiger partial charge in [0.2, 0.25) is 0 Å². The van der Waals surface area contributed by atoms with Gasteiger partial charge in [-0.3, -0.25) is 0 Å². The first-order chi connectivity index (χ1) is 22.8. The van der Waals surface area contributed by atoms with Gasteiger partial charge in [-0.05, 0) is 59.7 Å².